The Morgan fingerprint density at radius 3 is 2.46 bits per heavy atom. The minimum absolute atomic E-state index is 0.333. The van der Waals surface area contributed by atoms with Crippen LogP contribution in [0.3, 0.4) is 0 Å². The summed E-state index contributed by atoms with van der Waals surface area (Å²) in [6, 6.07) is 21.7. The Morgan fingerprint density at radius 2 is 1.69 bits per heavy atom. The molecule has 1 aliphatic rings. The number of benzene rings is 3. The van der Waals surface area contributed by atoms with Crippen molar-refractivity contribution in [2.75, 3.05) is 0 Å². The van der Waals surface area contributed by atoms with E-state index in [1.165, 1.54) is 4.31 Å². The maximum atomic E-state index is 12.8. The first-order valence-corrected chi connectivity index (χ1v) is 9.94. The summed E-state index contributed by atoms with van der Waals surface area (Å²) in [5.41, 5.74) is 1.69. The molecule has 0 N–H and O–H groups in total. The molecule has 26 heavy (non-hydrogen) atoms. The van der Waals surface area contributed by atoms with Gasteiger partial charge in [0.25, 0.3) is 0 Å². The first-order valence-electron chi connectivity index (χ1n) is 8.13. The van der Waals surface area contributed by atoms with Gasteiger partial charge in [-0.05, 0) is 47.5 Å². The van der Waals surface area contributed by atoms with Crippen LogP contribution in [0.4, 0.5) is 0 Å². The van der Waals surface area contributed by atoms with Gasteiger partial charge < -0.3 is 4.74 Å². The Balaban J connectivity index is 1.59. The van der Waals surface area contributed by atoms with Crippen molar-refractivity contribution in [1.29, 1.82) is 0 Å². The van der Waals surface area contributed by atoms with Gasteiger partial charge in [0.15, 0.2) is 0 Å². The molecule has 0 bridgehead atoms. The van der Waals surface area contributed by atoms with Crippen LogP contribution in [0.25, 0.3) is 0 Å². The number of ether oxygens (including phenoxy) is 1. The first-order chi connectivity index (χ1) is 12.5. The molecule has 0 amide bonds. The minimum atomic E-state index is -3.48. The summed E-state index contributed by atoms with van der Waals surface area (Å²) < 4.78 is 32.8. The highest BCUT2D eigenvalue weighted by atomic mass is 35.5. The largest absolute Gasteiger partial charge is 0.457 e. The van der Waals surface area contributed by atoms with Gasteiger partial charge in [-0.2, -0.15) is 4.31 Å². The van der Waals surface area contributed by atoms with E-state index >= 15 is 0 Å². The van der Waals surface area contributed by atoms with Crippen LogP contribution in [-0.2, 0) is 23.1 Å². The van der Waals surface area contributed by atoms with Gasteiger partial charge >= 0.3 is 0 Å². The fraction of sp³-hybridized carbons (Fsp3) is 0.100. The number of nitrogens with zero attached hydrogens (tertiary/aromatic N) is 1. The van der Waals surface area contributed by atoms with Crippen LogP contribution >= 0.6 is 11.6 Å². The summed E-state index contributed by atoms with van der Waals surface area (Å²) in [7, 11) is -3.48. The maximum Gasteiger partial charge on any atom is 0.244 e. The second-order valence-corrected chi connectivity index (χ2v) is 8.43. The third kappa shape index (κ3) is 3.33. The van der Waals surface area contributed by atoms with Crippen LogP contribution in [0.1, 0.15) is 11.1 Å². The van der Waals surface area contributed by atoms with Crippen molar-refractivity contribution in [3.05, 3.63) is 88.9 Å². The fourth-order valence-electron chi connectivity index (χ4n) is 3.00. The van der Waals surface area contributed by atoms with E-state index in [0.29, 0.717) is 34.5 Å². The number of sulfonamides is 1. The van der Waals surface area contributed by atoms with Gasteiger partial charge in [-0.1, -0.05) is 48.0 Å². The van der Waals surface area contributed by atoms with Gasteiger partial charge in [0.2, 0.25) is 10.0 Å². The molecule has 1 heterocycles. The van der Waals surface area contributed by atoms with Gasteiger partial charge in [0.1, 0.15) is 11.5 Å². The number of hydrogen-bond donors (Lipinski definition) is 0. The average molecular weight is 386 g/mol. The molecule has 0 aliphatic carbocycles. The average Bonchev–Trinajstić information content (AvgIpc) is 2.86. The van der Waals surface area contributed by atoms with Crippen LogP contribution in [0.2, 0.25) is 5.02 Å². The van der Waals surface area contributed by atoms with Gasteiger partial charge in [0.05, 0.1) is 4.90 Å². The van der Waals surface area contributed by atoms with E-state index in [0.717, 1.165) is 11.1 Å². The van der Waals surface area contributed by atoms with E-state index in [1.54, 1.807) is 42.5 Å². The van der Waals surface area contributed by atoms with Crippen molar-refractivity contribution in [3.8, 4) is 11.5 Å². The highest BCUT2D eigenvalue weighted by Gasteiger charge is 2.34. The highest BCUT2D eigenvalue weighted by molar-refractivity contribution is 7.89. The van der Waals surface area contributed by atoms with Crippen LogP contribution < -0.4 is 4.74 Å². The summed E-state index contributed by atoms with van der Waals surface area (Å²) >= 11 is 5.97. The zero-order valence-electron chi connectivity index (χ0n) is 13.8. The van der Waals surface area contributed by atoms with Gasteiger partial charge in [-0.25, -0.2) is 8.42 Å². The van der Waals surface area contributed by atoms with E-state index < -0.39 is 10.0 Å². The molecule has 0 spiro atoms. The number of halogens is 1. The molecule has 6 heteroatoms. The highest BCUT2D eigenvalue weighted by Crippen LogP contribution is 2.35. The third-order valence-corrected chi connectivity index (χ3v) is 6.36. The van der Waals surface area contributed by atoms with E-state index in [-0.39, 0.29) is 0 Å². The summed E-state index contributed by atoms with van der Waals surface area (Å²) in [5, 5.41) is 0.584. The lowest BCUT2D eigenvalue weighted by atomic mass is 10.2. The molecular weight excluding hydrogens is 370 g/mol. The first kappa shape index (κ1) is 17.1. The number of hydrogen-bond acceptors (Lipinski definition) is 3. The van der Waals surface area contributed by atoms with Crippen molar-refractivity contribution < 1.29 is 13.2 Å². The second kappa shape index (κ2) is 6.76. The summed E-state index contributed by atoms with van der Waals surface area (Å²) in [4.78, 5) is 0.340. The number of rotatable bonds is 4. The van der Waals surface area contributed by atoms with Crippen molar-refractivity contribution in [3.63, 3.8) is 0 Å². The molecule has 3 aromatic rings. The smallest absolute Gasteiger partial charge is 0.244 e. The summed E-state index contributed by atoms with van der Waals surface area (Å²) in [6.45, 7) is 0.682. The predicted molar refractivity (Wildman–Crippen MR) is 101 cm³/mol. The molecule has 0 unspecified atom stereocenters. The normalized spacial score (nSPS) is 15.6. The molecule has 132 valence electrons. The topological polar surface area (TPSA) is 46.6 Å². The summed E-state index contributed by atoms with van der Waals surface area (Å²) in [6.07, 6.45) is 0. The van der Waals surface area contributed by atoms with E-state index in [2.05, 4.69) is 0 Å². The van der Waals surface area contributed by atoms with Gasteiger partial charge in [-0.3, -0.25) is 0 Å². The molecule has 3 aromatic carbocycles. The number of fused-ring (bicyclic) bond motifs is 1. The molecule has 1 aliphatic heterocycles. The Kier molecular flexibility index (Phi) is 4.44. The van der Waals surface area contributed by atoms with E-state index in [1.807, 2.05) is 30.3 Å². The predicted octanol–water partition coefficient (Wildman–Crippen LogP) is 4.84. The van der Waals surface area contributed by atoms with Crippen molar-refractivity contribution in [1.82, 2.24) is 4.31 Å². The third-order valence-electron chi connectivity index (χ3n) is 4.23. The van der Waals surface area contributed by atoms with Crippen molar-refractivity contribution in [2.45, 2.75) is 18.0 Å². The second-order valence-electron chi connectivity index (χ2n) is 6.09. The molecule has 0 saturated heterocycles. The van der Waals surface area contributed by atoms with E-state index in [4.69, 9.17) is 16.3 Å². The Morgan fingerprint density at radius 1 is 0.923 bits per heavy atom. The molecule has 4 nitrogen and oxygen atoms in total. The standard InChI is InChI=1S/C20H16ClNO3S/c21-17-7-4-8-18(12-17)25-19-9-10-20-16(11-19)14-22(26(20,23)24)13-15-5-2-1-3-6-15/h1-12H,13-14H2. The minimum Gasteiger partial charge on any atom is -0.457 e. The molecule has 0 saturated carbocycles. The fourth-order valence-corrected chi connectivity index (χ4v) is 4.78. The lowest BCUT2D eigenvalue weighted by Crippen LogP contribution is -2.23. The Hall–Kier alpha value is -2.34. The quantitative estimate of drug-likeness (QED) is 0.645. The SMILES string of the molecule is O=S1(=O)c2ccc(Oc3cccc(Cl)c3)cc2CN1Cc1ccccc1. The van der Waals surface area contributed by atoms with Crippen LogP contribution in [0.5, 0.6) is 11.5 Å². The molecular formula is C20H16ClNO3S. The molecule has 0 atom stereocenters. The summed E-state index contributed by atoms with van der Waals surface area (Å²) in [5.74, 6) is 1.20. The van der Waals surface area contributed by atoms with Gasteiger partial charge in [0, 0.05) is 18.1 Å². The molecule has 0 aromatic heterocycles. The van der Waals surface area contributed by atoms with Crippen LogP contribution in [-0.4, -0.2) is 12.7 Å². The van der Waals surface area contributed by atoms with Crippen LogP contribution in [0, 0.1) is 0 Å². The van der Waals surface area contributed by atoms with Gasteiger partial charge in [-0.15, -0.1) is 0 Å². The zero-order valence-corrected chi connectivity index (χ0v) is 15.4. The Bertz CT molecular complexity index is 1050. The Labute approximate surface area is 157 Å². The van der Waals surface area contributed by atoms with Crippen molar-refractivity contribution >= 4 is 21.6 Å². The maximum absolute atomic E-state index is 12.8. The molecule has 0 radical (unpaired) electrons. The molecule has 0 fully saturated rings. The molecule has 4 rings (SSSR count). The van der Waals surface area contributed by atoms with E-state index in [9.17, 15) is 8.42 Å². The zero-order chi connectivity index (χ0) is 18.1. The van der Waals surface area contributed by atoms with Crippen molar-refractivity contribution in [2.24, 2.45) is 0 Å². The monoisotopic (exact) mass is 385 g/mol. The lowest BCUT2D eigenvalue weighted by molar-refractivity contribution is 0.419. The van der Waals surface area contributed by atoms with Crippen LogP contribution in [0.15, 0.2) is 77.7 Å². The lowest BCUT2D eigenvalue weighted by Gasteiger charge is -2.14.